The van der Waals surface area contributed by atoms with Gasteiger partial charge in [-0.2, -0.15) is 0 Å². The number of aromatic nitrogens is 3. The van der Waals surface area contributed by atoms with Crippen molar-refractivity contribution in [1.82, 2.24) is 25.1 Å². The Hall–Kier alpha value is -2.55. The first-order valence-electron chi connectivity index (χ1n) is 10.2. The normalized spacial score (nSPS) is 15.1. The molecule has 3 N–H and O–H groups in total. The van der Waals surface area contributed by atoms with Crippen LogP contribution in [0.2, 0.25) is 5.02 Å². The predicted octanol–water partition coefficient (Wildman–Crippen LogP) is 3.19. The maximum Gasteiger partial charge on any atom is 0.230 e. The molecule has 0 saturated carbocycles. The Morgan fingerprint density at radius 3 is 2.55 bits per heavy atom. The third kappa shape index (κ3) is 5.58. The lowest BCUT2D eigenvalue weighted by Crippen LogP contribution is -2.44. The Labute approximate surface area is 190 Å². The van der Waals surface area contributed by atoms with Crippen molar-refractivity contribution < 1.29 is 4.79 Å². The first-order chi connectivity index (χ1) is 15.1. The van der Waals surface area contributed by atoms with Gasteiger partial charge in [0.2, 0.25) is 11.1 Å². The third-order valence-corrected chi connectivity index (χ3v) is 6.59. The van der Waals surface area contributed by atoms with Crippen LogP contribution < -0.4 is 11.2 Å². The molecule has 1 amide bonds. The maximum absolute atomic E-state index is 12.4. The zero-order valence-corrected chi connectivity index (χ0v) is 18.6. The molecule has 1 fully saturated rings. The molecule has 0 unspecified atom stereocenters. The summed E-state index contributed by atoms with van der Waals surface area (Å²) in [6.07, 6.45) is 1.90. The highest BCUT2D eigenvalue weighted by atomic mass is 35.5. The average Bonchev–Trinajstić information content (AvgIpc) is 3.15. The van der Waals surface area contributed by atoms with Gasteiger partial charge in [0, 0.05) is 31.2 Å². The number of nitrogens with zero attached hydrogens (tertiary/aromatic N) is 4. The molecule has 3 aromatic rings. The van der Waals surface area contributed by atoms with Gasteiger partial charge in [-0.1, -0.05) is 65.8 Å². The van der Waals surface area contributed by atoms with Gasteiger partial charge in [-0.25, -0.2) is 4.68 Å². The molecule has 9 heteroatoms. The van der Waals surface area contributed by atoms with E-state index in [1.54, 1.807) is 6.07 Å². The van der Waals surface area contributed by atoms with E-state index in [1.807, 2.05) is 24.3 Å². The van der Waals surface area contributed by atoms with Crippen LogP contribution in [0.25, 0.3) is 11.4 Å². The predicted molar refractivity (Wildman–Crippen MR) is 124 cm³/mol. The second-order valence-electron chi connectivity index (χ2n) is 7.55. The summed E-state index contributed by atoms with van der Waals surface area (Å²) in [5.41, 5.74) is 2.03. The second-order valence-corrected chi connectivity index (χ2v) is 8.90. The Bertz CT molecular complexity index is 1020. The summed E-state index contributed by atoms with van der Waals surface area (Å²) >= 11 is 7.49. The fourth-order valence-electron chi connectivity index (χ4n) is 3.68. The van der Waals surface area contributed by atoms with Gasteiger partial charge in [0.05, 0.1) is 10.8 Å². The van der Waals surface area contributed by atoms with Gasteiger partial charge in [0.1, 0.15) is 0 Å². The molecule has 0 bridgehead atoms. The highest BCUT2D eigenvalue weighted by Gasteiger charge is 2.21. The molecule has 0 spiro atoms. The van der Waals surface area contributed by atoms with Crippen LogP contribution in [0.15, 0.2) is 59.8 Å². The second kappa shape index (κ2) is 10.2. The Morgan fingerprint density at radius 1 is 1.10 bits per heavy atom. The van der Waals surface area contributed by atoms with Crippen LogP contribution in [0.1, 0.15) is 18.4 Å². The van der Waals surface area contributed by atoms with E-state index in [2.05, 4.69) is 44.7 Å². The Morgan fingerprint density at radius 2 is 1.81 bits per heavy atom. The van der Waals surface area contributed by atoms with E-state index in [-0.39, 0.29) is 17.7 Å². The van der Waals surface area contributed by atoms with Crippen LogP contribution >= 0.6 is 23.4 Å². The fraction of sp³-hybridized carbons (Fsp3) is 0.318. The van der Waals surface area contributed by atoms with Crippen LogP contribution in [0.3, 0.4) is 0 Å². The highest BCUT2D eigenvalue weighted by molar-refractivity contribution is 7.99. The van der Waals surface area contributed by atoms with Crippen molar-refractivity contribution in [3.63, 3.8) is 0 Å². The lowest BCUT2D eigenvalue weighted by atomic mass is 10.0. The van der Waals surface area contributed by atoms with Gasteiger partial charge in [-0.05, 0) is 30.5 Å². The van der Waals surface area contributed by atoms with Gasteiger partial charge < -0.3 is 11.2 Å². The number of carbonyl (C=O) groups is 1. The van der Waals surface area contributed by atoms with E-state index in [1.165, 1.54) is 22.0 Å². The van der Waals surface area contributed by atoms with Crippen LogP contribution in [-0.2, 0) is 11.3 Å². The number of hydrogen-bond acceptors (Lipinski definition) is 6. The molecule has 7 nitrogen and oxygen atoms in total. The van der Waals surface area contributed by atoms with Crippen LogP contribution in [0.4, 0.5) is 0 Å². The molecule has 2 aromatic carbocycles. The maximum atomic E-state index is 12.4. The number of rotatable bonds is 7. The molecule has 1 saturated heterocycles. The number of thioether (sulfide) groups is 1. The summed E-state index contributed by atoms with van der Waals surface area (Å²) in [4.78, 5) is 14.9. The number of nitrogens with one attached hydrogen (secondary N) is 1. The Balaban J connectivity index is 1.24. The number of carbonyl (C=O) groups excluding carboxylic acids is 1. The lowest BCUT2D eigenvalue weighted by Gasteiger charge is -2.32. The molecule has 4 rings (SSSR count). The van der Waals surface area contributed by atoms with Crippen molar-refractivity contribution >= 4 is 29.3 Å². The smallest absolute Gasteiger partial charge is 0.230 e. The van der Waals surface area contributed by atoms with Crippen LogP contribution in [0, 0.1) is 0 Å². The van der Waals surface area contributed by atoms with Crippen LogP contribution in [-0.4, -0.2) is 50.6 Å². The molecule has 0 atom stereocenters. The lowest BCUT2D eigenvalue weighted by molar-refractivity contribution is -0.119. The van der Waals surface area contributed by atoms with Gasteiger partial charge in [0.15, 0.2) is 5.82 Å². The van der Waals surface area contributed by atoms with E-state index in [4.69, 9.17) is 17.4 Å². The molecular weight excluding hydrogens is 432 g/mol. The van der Waals surface area contributed by atoms with Crippen molar-refractivity contribution in [2.24, 2.45) is 0 Å². The standard InChI is InChI=1S/C22H25ClN6OS/c23-19-9-5-4-8-18(19)21-26-27-22(29(21)24)31-15-20(30)25-17-10-12-28(13-11-17)14-16-6-2-1-3-7-16/h1-9,17H,10-15,24H2,(H,25,30). The minimum Gasteiger partial charge on any atom is -0.353 e. The zero-order valence-electron chi connectivity index (χ0n) is 17.1. The minimum atomic E-state index is -0.0196. The summed E-state index contributed by atoms with van der Waals surface area (Å²) in [6, 6.07) is 18.0. The number of halogens is 1. The fourth-order valence-corrected chi connectivity index (χ4v) is 4.57. The molecule has 2 heterocycles. The van der Waals surface area contributed by atoms with Crippen molar-refractivity contribution in [2.45, 2.75) is 30.6 Å². The van der Waals surface area contributed by atoms with Crippen LogP contribution in [0.5, 0.6) is 0 Å². The molecule has 162 valence electrons. The van der Waals surface area contributed by atoms with Gasteiger partial charge in [0.25, 0.3) is 0 Å². The van der Waals surface area contributed by atoms with E-state index >= 15 is 0 Å². The summed E-state index contributed by atoms with van der Waals surface area (Å²) in [6.45, 7) is 2.91. The number of piperidine rings is 1. The van der Waals surface area contributed by atoms with Crippen molar-refractivity contribution in [3.05, 3.63) is 65.2 Å². The summed E-state index contributed by atoms with van der Waals surface area (Å²) in [7, 11) is 0. The minimum absolute atomic E-state index is 0.0196. The zero-order chi connectivity index (χ0) is 21.6. The molecule has 1 aliphatic heterocycles. The van der Waals surface area contributed by atoms with E-state index in [0.29, 0.717) is 21.6 Å². The van der Waals surface area contributed by atoms with Crippen molar-refractivity contribution in [1.29, 1.82) is 0 Å². The largest absolute Gasteiger partial charge is 0.353 e. The van der Waals surface area contributed by atoms with E-state index in [9.17, 15) is 4.79 Å². The van der Waals surface area contributed by atoms with Crippen molar-refractivity contribution in [2.75, 3.05) is 24.7 Å². The van der Waals surface area contributed by atoms with Crippen molar-refractivity contribution in [3.8, 4) is 11.4 Å². The molecule has 0 radical (unpaired) electrons. The third-order valence-electron chi connectivity index (χ3n) is 5.31. The number of benzene rings is 2. The summed E-state index contributed by atoms with van der Waals surface area (Å²) in [5.74, 6) is 6.82. The molecule has 1 aromatic heterocycles. The molecular formula is C22H25ClN6OS. The first-order valence-corrected chi connectivity index (χ1v) is 11.6. The monoisotopic (exact) mass is 456 g/mol. The summed E-state index contributed by atoms with van der Waals surface area (Å²) in [5, 5.41) is 12.4. The summed E-state index contributed by atoms with van der Waals surface area (Å²) < 4.78 is 1.38. The van der Waals surface area contributed by atoms with Gasteiger partial charge >= 0.3 is 0 Å². The van der Waals surface area contributed by atoms with E-state index < -0.39 is 0 Å². The number of nitrogen functional groups attached to an aromatic ring is 1. The average molecular weight is 457 g/mol. The number of hydrogen-bond donors (Lipinski definition) is 2. The molecule has 1 aliphatic rings. The quantitative estimate of drug-likeness (QED) is 0.419. The first kappa shape index (κ1) is 21.7. The SMILES string of the molecule is Nn1c(SCC(=O)NC2CCN(Cc3ccccc3)CC2)nnc1-c1ccccc1Cl. The number of likely N-dealkylation sites (tertiary alicyclic amines) is 1. The van der Waals surface area contributed by atoms with E-state index in [0.717, 1.165) is 32.5 Å². The molecule has 0 aliphatic carbocycles. The Kier molecular flexibility index (Phi) is 7.11. The van der Waals surface area contributed by atoms with Gasteiger partial charge in [-0.15, -0.1) is 10.2 Å². The molecule has 31 heavy (non-hydrogen) atoms. The number of nitrogens with two attached hydrogens (primary N) is 1. The topological polar surface area (TPSA) is 89.1 Å². The number of amides is 1. The van der Waals surface area contributed by atoms with Gasteiger partial charge in [-0.3, -0.25) is 9.69 Å². The highest BCUT2D eigenvalue weighted by Crippen LogP contribution is 2.27.